The first-order valence-electron chi connectivity index (χ1n) is 3.64. The van der Waals surface area contributed by atoms with Crippen molar-refractivity contribution in [1.29, 1.82) is 0 Å². The Morgan fingerprint density at radius 1 is 1.83 bits per heavy atom. The summed E-state index contributed by atoms with van der Waals surface area (Å²) in [5, 5.41) is 3.11. The van der Waals surface area contributed by atoms with Crippen molar-refractivity contribution in [3.63, 3.8) is 0 Å². The zero-order valence-corrected chi connectivity index (χ0v) is 8.21. The molecule has 5 heteroatoms. The standard InChI is InChI=1S/C7H9ClN2OS/c1-2-3-9-7(11)5-4-6(8)10-12-5/h4H,2-3H2,1H3,(H,9,11). The monoisotopic (exact) mass is 204 g/mol. The van der Waals surface area contributed by atoms with Crippen molar-refractivity contribution in [3.8, 4) is 0 Å². The molecule has 1 aromatic rings. The largest absolute Gasteiger partial charge is 0.351 e. The van der Waals surface area contributed by atoms with E-state index in [9.17, 15) is 4.79 Å². The number of hydrogen-bond donors (Lipinski definition) is 1. The number of aromatic nitrogens is 1. The van der Waals surface area contributed by atoms with E-state index in [4.69, 9.17) is 11.6 Å². The Hall–Kier alpha value is -0.610. The van der Waals surface area contributed by atoms with Gasteiger partial charge in [-0.3, -0.25) is 4.79 Å². The Bertz CT molecular complexity index is 274. The topological polar surface area (TPSA) is 42.0 Å². The Balaban J connectivity index is 2.53. The number of carbonyl (C=O) groups excluding carboxylic acids is 1. The summed E-state index contributed by atoms with van der Waals surface area (Å²) in [4.78, 5) is 11.8. The summed E-state index contributed by atoms with van der Waals surface area (Å²) in [6.07, 6.45) is 0.929. The maximum Gasteiger partial charge on any atom is 0.263 e. The highest BCUT2D eigenvalue weighted by molar-refractivity contribution is 7.08. The quantitative estimate of drug-likeness (QED) is 0.818. The summed E-state index contributed by atoms with van der Waals surface area (Å²) >= 11 is 6.67. The summed E-state index contributed by atoms with van der Waals surface area (Å²) in [6, 6.07) is 1.57. The second kappa shape index (κ2) is 4.42. The molecule has 3 nitrogen and oxygen atoms in total. The lowest BCUT2D eigenvalue weighted by Crippen LogP contribution is -2.22. The molecule has 0 radical (unpaired) electrons. The van der Waals surface area contributed by atoms with Gasteiger partial charge in [-0.05, 0) is 18.0 Å². The highest BCUT2D eigenvalue weighted by Crippen LogP contribution is 2.13. The van der Waals surface area contributed by atoms with Gasteiger partial charge < -0.3 is 5.32 Å². The highest BCUT2D eigenvalue weighted by atomic mass is 35.5. The molecule has 1 N–H and O–H groups in total. The Labute approximate surface area is 79.9 Å². The predicted octanol–water partition coefficient (Wildman–Crippen LogP) is 1.94. The average molecular weight is 205 g/mol. The van der Waals surface area contributed by atoms with Gasteiger partial charge in [0.1, 0.15) is 10.0 Å². The third-order valence-corrected chi connectivity index (χ3v) is 2.32. The molecule has 0 spiro atoms. The lowest BCUT2D eigenvalue weighted by Gasteiger charge is -1.98. The van der Waals surface area contributed by atoms with Crippen LogP contribution in [0.25, 0.3) is 0 Å². The zero-order chi connectivity index (χ0) is 8.97. The Kier molecular flexibility index (Phi) is 3.49. The smallest absolute Gasteiger partial charge is 0.263 e. The predicted molar refractivity (Wildman–Crippen MR) is 49.7 cm³/mol. The van der Waals surface area contributed by atoms with E-state index in [2.05, 4.69) is 9.69 Å². The fourth-order valence-electron chi connectivity index (χ4n) is 0.686. The van der Waals surface area contributed by atoms with Crippen molar-refractivity contribution >= 4 is 29.0 Å². The van der Waals surface area contributed by atoms with Gasteiger partial charge in [-0.2, -0.15) is 4.37 Å². The molecule has 1 rings (SSSR count). The van der Waals surface area contributed by atoms with E-state index in [0.29, 0.717) is 16.6 Å². The van der Waals surface area contributed by atoms with Crippen molar-refractivity contribution in [2.24, 2.45) is 0 Å². The minimum Gasteiger partial charge on any atom is -0.351 e. The van der Waals surface area contributed by atoms with E-state index < -0.39 is 0 Å². The molecule has 0 bridgehead atoms. The number of carbonyl (C=O) groups is 1. The molecule has 1 aromatic heterocycles. The molecule has 0 saturated heterocycles. The van der Waals surface area contributed by atoms with Crippen LogP contribution in [0.15, 0.2) is 6.07 Å². The Morgan fingerprint density at radius 3 is 3.08 bits per heavy atom. The first kappa shape index (κ1) is 9.48. The third-order valence-electron chi connectivity index (χ3n) is 1.24. The van der Waals surface area contributed by atoms with Crippen molar-refractivity contribution < 1.29 is 4.79 Å². The van der Waals surface area contributed by atoms with Gasteiger partial charge in [0.25, 0.3) is 5.91 Å². The highest BCUT2D eigenvalue weighted by Gasteiger charge is 2.07. The molecule has 0 aromatic carbocycles. The average Bonchev–Trinajstić information content (AvgIpc) is 2.47. The molecule has 0 unspecified atom stereocenters. The van der Waals surface area contributed by atoms with Crippen molar-refractivity contribution in [2.45, 2.75) is 13.3 Å². The third kappa shape index (κ3) is 2.46. The SMILES string of the molecule is CCCNC(=O)c1cc(Cl)ns1. The molecule has 1 amide bonds. The fraction of sp³-hybridized carbons (Fsp3) is 0.429. The van der Waals surface area contributed by atoms with Gasteiger partial charge in [-0.15, -0.1) is 0 Å². The van der Waals surface area contributed by atoms with Crippen LogP contribution < -0.4 is 5.32 Å². The molecule has 0 aliphatic carbocycles. The second-order valence-corrected chi connectivity index (χ2v) is 3.46. The molecular formula is C7H9ClN2OS. The van der Waals surface area contributed by atoms with Gasteiger partial charge in [-0.25, -0.2) is 0 Å². The molecule has 12 heavy (non-hydrogen) atoms. The van der Waals surface area contributed by atoms with E-state index in [1.54, 1.807) is 6.07 Å². The lowest BCUT2D eigenvalue weighted by atomic mass is 10.4. The van der Waals surface area contributed by atoms with E-state index in [1.807, 2.05) is 6.92 Å². The molecule has 0 aliphatic heterocycles. The van der Waals surface area contributed by atoms with Crippen LogP contribution in [0.4, 0.5) is 0 Å². The molecule has 0 atom stereocenters. The van der Waals surface area contributed by atoms with Gasteiger partial charge in [0.15, 0.2) is 0 Å². The van der Waals surface area contributed by atoms with Crippen LogP contribution in [-0.4, -0.2) is 16.8 Å². The van der Waals surface area contributed by atoms with Gasteiger partial charge in [0.2, 0.25) is 0 Å². The number of hydrogen-bond acceptors (Lipinski definition) is 3. The molecule has 66 valence electrons. The molecular weight excluding hydrogens is 196 g/mol. The molecule has 0 fully saturated rings. The zero-order valence-electron chi connectivity index (χ0n) is 6.63. The number of rotatable bonds is 3. The van der Waals surface area contributed by atoms with E-state index in [-0.39, 0.29) is 5.91 Å². The van der Waals surface area contributed by atoms with Crippen molar-refractivity contribution in [2.75, 3.05) is 6.54 Å². The fourth-order valence-corrected chi connectivity index (χ4v) is 1.52. The van der Waals surface area contributed by atoms with Gasteiger partial charge in [0.05, 0.1) is 0 Å². The van der Waals surface area contributed by atoms with Gasteiger partial charge in [0, 0.05) is 12.6 Å². The Morgan fingerprint density at radius 2 is 2.58 bits per heavy atom. The van der Waals surface area contributed by atoms with Gasteiger partial charge in [-0.1, -0.05) is 18.5 Å². The lowest BCUT2D eigenvalue weighted by molar-refractivity contribution is 0.0957. The number of halogens is 1. The van der Waals surface area contributed by atoms with Crippen LogP contribution in [0.3, 0.4) is 0 Å². The van der Waals surface area contributed by atoms with Gasteiger partial charge >= 0.3 is 0 Å². The first-order valence-corrected chi connectivity index (χ1v) is 4.79. The van der Waals surface area contributed by atoms with E-state index >= 15 is 0 Å². The molecule has 0 saturated carbocycles. The maximum atomic E-state index is 11.2. The minimum atomic E-state index is -0.0961. The summed E-state index contributed by atoms with van der Waals surface area (Å²) in [5.41, 5.74) is 0. The minimum absolute atomic E-state index is 0.0961. The molecule has 0 aliphatic rings. The van der Waals surface area contributed by atoms with E-state index in [0.717, 1.165) is 18.0 Å². The van der Waals surface area contributed by atoms with Crippen LogP contribution in [0.2, 0.25) is 5.15 Å². The second-order valence-electron chi connectivity index (χ2n) is 2.27. The van der Waals surface area contributed by atoms with Crippen LogP contribution >= 0.6 is 23.1 Å². The van der Waals surface area contributed by atoms with Crippen LogP contribution in [0.5, 0.6) is 0 Å². The molecule has 1 heterocycles. The summed E-state index contributed by atoms with van der Waals surface area (Å²) < 4.78 is 3.79. The van der Waals surface area contributed by atoms with Crippen LogP contribution in [-0.2, 0) is 0 Å². The summed E-state index contributed by atoms with van der Waals surface area (Å²) in [7, 11) is 0. The van der Waals surface area contributed by atoms with Crippen molar-refractivity contribution in [1.82, 2.24) is 9.69 Å². The van der Waals surface area contributed by atoms with Crippen LogP contribution in [0.1, 0.15) is 23.0 Å². The van der Waals surface area contributed by atoms with E-state index in [1.165, 1.54) is 0 Å². The number of amides is 1. The normalized spacial score (nSPS) is 9.83. The number of nitrogens with one attached hydrogen (secondary N) is 1. The number of nitrogens with zero attached hydrogens (tertiary/aromatic N) is 1. The summed E-state index contributed by atoms with van der Waals surface area (Å²) in [5.74, 6) is -0.0961. The maximum absolute atomic E-state index is 11.2. The van der Waals surface area contributed by atoms with Crippen molar-refractivity contribution in [3.05, 3.63) is 16.1 Å². The van der Waals surface area contributed by atoms with Crippen LogP contribution in [0, 0.1) is 0 Å². The first-order chi connectivity index (χ1) is 5.74. The summed E-state index contributed by atoms with van der Waals surface area (Å²) in [6.45, 7) is 2.69.